The van der Waals surface area contributed by atoms with E-state index in [1.165, 1.54) is 0 Å². The van der Waals surface area contributed by atoms with E-state index in [1.807, 2.05) is 68.4 Å². The molecule has 0 unspecified atom stereocenters. The van der Waals surface area contributed by atoms with Crippen LogP contribution in [0.5, 0.6) is 5.75 Å². The summed E-state index contributed by atoms with van der Waals surface area (Å²) in [6, 6.07) is 15.9. The number of benzene rings is 2. The summed E-state index contributed by atoms with van der Waals surface area (Å²) in [7, 11) is 5.55. The number of nitrogens with one attached hydrogen (secondary N) is 1. The van der Waals surface area contributed by atoms with E-state index < -0.39 is 0 Å². The number of pyridine rings is 1. The van der Waals surface area contributed by atoms with Crippen molar-refractivity contribution in [2.75, 3.05) is 26.1 Å². The summed E-state index contributed by atoms with van der Waals surface area (Å²) in [4.78, 5) is 18.9. The van der Waals surface area contributed by atoms with Crippen molar-refractivity contribution in [3.05, 3.63) is 65.9 Å². The highest BCUT2D eigenvalue weighted by atomic mass is 16.5. The Morgan fingerprint density at radius 1 is 1.11 bits per heavy atom. The van der Waals surface area contributed by atoms with Gasteiger partial charge in [-0.15, -0.1) is 0 Å². The number of ether oxygens (including phenoxy) is 1. The number of carbonyl (C=O) groups excluding carboxylic acids is 1. The average molecular weight is 363 g/mol. The Labute approximate surface area is 160 Å². The minimum absolute atomic E-state index is 0.00563. The van der Waals surface area contributed by atoms with Gasteiger partial charge in [0.15, 0.2) is 0 Å². The first-order chi connectivity index (χ1) is 13.0. The van der Waals surface area contributed by atoms with Crippen LogP contribution in [0.15, 0.2) is 54.7 Å². The lowest BCUT2D eigenvalue weighted by molar-refractivity contribution is -0.122. The van der Waals surface area contributed by atoms with Crippen LogP contribution in [0.4, 0.5) is 5.82 Å². The molecule has 1 atom stereocenters. The number of rotatable bonds is 6. The third kappa shape index (κ3) is 4.37. The van der Waals surface area contributed by atoms with Crippen LogP contribution in [0, 0.1) is 0 Å². The first-order valence-corrected chi connectivity index (χ1v) is 8.95. The van der Waals surface area contributed by atoms with Gasteiger partial charge >= 0.3 is 0 Å². The first kappa shape index (κ1) is 18.7. The summed E-state index contributed by atoms with van der Waals surface area (Å²) in [5.74, 6) is 1.48. The highest BCUT2D eigenvalue weighted by molar-refractivity contribution is 5.88. The van der Waals surface area contributed by atoms with Crippen LogP contribution in [0.3, 0.4) is 0 Å². The molecule has 3 rings (SSSR count). The smallest absolute Gasteiger partial charge is 0.227 e. The molecule has 0 spiro atoms. The summed E-state index contributed by atoms with van der Waals surface area (Å²) in [6.45, 7) is 2.41. The number of fused-ring (bicyclic) bond motifs is 1. The number of carbonyl (C=O) groups is 1. The van der Waals surface area contributed by atoms with Crippen molar-refractivity contribution >= 4 is 22.5 Å². The number of amides is 1. The van der Waals surface area contributed by atoms with Crippen molar-refractivity contribution in [2.45, 2.75) is 19.4 Å². The van der Waals surface area contributed by atoms with E-state index in [0.29, 0.717) is 6.54 Å². The predicted molar refractivity (Wildman–Crippen MR) is 109 cm³/mol. The van der Waals surface area contributed by atoms with E-state index in [4.69, 9.17) is 4.74 Å². The molecule has 1 aromatic heterocycles. The predicted octanol–water partition coefficient (Wildman–Crippen LogP) is 3.73. The van der Waals surface area contributed by atoms with Gasteiger partial charge in [0, 0.05) is 26.8 Å². The van der Waals surface area contributed by atoms with Crippen LogP contribution in [0.25, 0.3) is 10.8 Å². The van der Waals surface area contributed by atoms with E-state index in [0.717, 1.165) is 33.5 Å². The molecule has 0 fully saturated rings. The van der Waals surface area contributed by atoms with Gasteiger partial charge in [-0.3, -0.25) is 4.79 Å². The molecule has 140 valence electrons. The fraction of sp³-hybridized carbons (Fsp3) is 0.273. The van der Waals surface area contributed by atoms with Crippen LogP contribution < -0.4 is 15.0 Å². The van der Waals surface area contributed by atoms with Crippen LogP contribution in [-0.2, 0) is 11.3 Å². The summed E-state index contributed by atoms with van der Waals surface area (Å²) in [5, 5.41) is 5.22. The first-order valence-electron chi connectivity index (χ1n) is 8.95. The number of hydrogen-bond acceptors (Lipinski definition) is 4. The molecule has 27 heavy (non-hydrogen) atoms. The second-order valence-electron chi connectivity index (χ2n) is 6.83. The van der Waals surface area contributed by atoms with Gasteiger partial charge in [0.1, 0.15) is 11.6 Å². The summed E-state index contributed by atoms with van der Waals surface area (Å²) in [6.07, 6.45) is 1.76. The Kier molecular flexibility index (Phi) is 5.60. The fourth-order valence-electron chi connectivity index (χ4n) is 2.95. The van der Waals surface area contributed by atoms with E-state index >= 15 is 0 Å². The van der Waals surface area contributed by atoms with Gasteiger partial charge in [-0.25, -0.2) is 4.98 Å². The standard InChI is InChI=1S/C22H25N3O2/c1-15(17-5-6-19-13-20(27-4)8-7-18(19)12-17)22(26)24-14-16-9-10-23-21(11-16)25(2)3/h5-13,15H,14H2,1-4H3,(H,24,26)/t15-/m0/s1. The molecule has 0 aliphatic rings. The number of hydrogen-bond donors (Lipinski definition) is 1. The lowest BCUT2D eigenvalue weighted by Crippen LogP contribution is -2.27. The number of nitrogens with zero attached hydrogens (tertiary/aromatic N) is 2. The topological polar surface area (TPSA) is 54.5 Å². The molecule has 1 heterocycles. The van der Waals surface area contributed by atoms with Gasteiger partial charge in [0.05, 0.1) is 13.0 Å². The van der Waals surface area contributed by atoms with E-state index in [1.54, 1.807) is 13.3 Å². The number of anilines is 1. The molecule has 5 heteroatoms. The monoisotopic (exact) mass is 363 g/mol. The second-order valence-corrected chi connectivity index (χ2v) is 6.83. The van der Waals surface area contributed by atoms with Crippen molar-refractivity contribution in [1.82, 2.24) is 10.3 Å². The van der Waals surface area contributed by atoms with Crippen LogP contribution in [-0.4, -0.2) is 32.1 Å². The van der Waals surface area contributed by atoms with Gasteiger partial charge in [0.2, 0.25) is 5.91 Å². The molecular weight excluding hydrogens is 338 g/mol. The lowest BCUT2D eigenvalue weighted by Gasteiger charge is -2.15. The van der Waals surface area contributed by atoms with Gasteiger partial charge in [-0.2, -0.15) is 0 Å². The largest absolute Gasteiger partial charge is 0.497 e. The van der Waals surface area contributed by atoms with Gasteiger partial charge < -0.3 is 15.0 Å². The van der Waals surface area contributed by atoms with Crippen molar-refractivity contribution < 1.29 is 9.53 Å². The van der Waals surface area contributed by atoms with Crippen molar-refractivity contribution in [1.29, 1.82) is 0 Å². The quantitative estimate of drug-likeness (QED) is 0.725. The van der Waals surface area contributed by atoms with Crippen molar-refractivity contribution in [2.24, 2.45) is 0 Å². The molecule has 1 N–H and O–H groups in total. The highest BCUT2D eigenvalue weighted by Gasteiger charge is 2.15. The van der Waals surface area contributed by atoms with Crippen molar-refractivity contribution in [3.8, 4) is 5.75 Å². The summed E-state index contributed by atoms with van der Waals surface area (Å²) >= 11 is 0. The zero-order valence-electron chi connectivity index (χ0n) is 16.2. The highest BCUT2D eigenvalue weighted by Crippen LogP contribution is 2.25. The van der Waals surface area contributed by atoms with Gasteiger partial charge in [0.25, 0.3) is 0 Å². The average Bonchev–Trinajstić information content (AvgIpc) is 2.70. The third-order valence-corrected chi connectivity index (χ3v) is 4.70. The number of methoxy groups -OCH3 is 1. The SMILES string of the molecule is COc1ccc2cc([C@H](C)C(=O)NCc3ccnc(N(C)C)c3)ccc2c1. The second kappa shape index (κ2) is 8.08. The maximum absolute atomic E-state index is 12.6. The Morgan fingerprint density at radius 2 is 1.85 bits per heavy atom. The maximum atomic E-state index is 12.6. The molecular formula is C22H25N3O2. The molecule has 0 radical (unpaired) electrons. The Morgan fingerprint density at radius 3 is 2.59 bits per heavy atom. The summed E-state index contributed by atoms with van der Waals surface area (Å²) in [5.41, 5.74) is 2.02. The van der Waals surface area contributed by atoms with Gasteiger partial charge in [-0.1, -0.05) is 24.3 Å². The zero-order valence-corrected chi connectivity index (χ0v) is 16.2. The molecule has 2 aromatic carbocycles. The molecule has 0 aliphatic carbocycles. The van der Waals surface area contributed by atoms with Crippen LogP contribution in [0.2, 0.25) is 0 Å². The molecule has 3 aromatic rings. The number of aromatic nitrogens is 1. The van der Waals surface area contributed by atoms with E-state index in [-0.39, 0.29) is 11.8 Å². The normalized spacial score (nSPS) is 11.9. The minimum atomic E-state index is -0.230. The Hall–Kier alpha value is -3.08. The van der Waals surface area contributed by atoms with E-state index in [2.05, 4.69) is 16.4 Å². The molecule has 0 saturated carbocycles. The molecule has 1 amide bonds. The Bertz CT molecular complexity index is 953. The maximum Gasteiger partial charge on any atom is 0.227 e. The van der Waals surface area contributed by atoms with Crippen LogP contribution in [0.1, 0.15) is 24.0 Å². The van der Waals surface area contributed by atoms with Crippen molar-refractivity contribution in [3.63, 3.8) is 0 Å². The fourth-order valence-corrected chi connectivity index (χ4v) is 2.95. The van der Waals surface area contributed by atoms with Crippen LogP contribution >= 0.6 is 0 Å². The summed E-state index contributed by atoms with van der Waals surface area (Å²) < 4.78 is 5.26. The minimum Gasteiger partial charge on any atom is -0.497 e. The molecule has 0 bridgehead atoms. The van der Waals surface area contributed by atoms with E-state index in [9.17, 15) is 4.79 Å². The molecule has 0 saturated heterocycles. The Balaban J connectivity index is 1.69. The molecule has 0 aliphatic heterocycles. The third-order valence-electron chi connectivity index (χ3n) is 4.70. The molecule has 5 nitrogen and oxygen atoms in total. The zero-order chi connectivity index (χ0) is 19.4. The van der Waals surface area contributed by atoms with Gasteiger partial charge in [-0.05, 0) is 53.1 Å². The lowest BCUT2D eigenvalue weighted by atomic mass is 9.97.